The van der Waals surface area contributed by atoms with Crippen molar-refractivity contribution in [3.8, 4) is 5.75 Å². The third-order valence-electron chi connectivity index (χ3n) is 5.64. The molecule has 0 saturated carbocycles. The maximum absolute atomic E-state index is 10.9. The number of benzene rings is 1. The van der Waals surface area contributed by atoms with E-state index in [-0.39, 0.29) is 5.91 Å². The third kappa shape index (κ3) is 3.92. The Hall–Kier alpha value is -1.55. The quantitative estimate of drug-likeness (QED) is 0.872. The van der Waals surface area contributed by atoms with Gasteiger partial charge in [-0.1, -0.05) is 12.1 Å². The molecule has 1 aliphatic carbocycles. The zero-order chi connectivity index (χ0) is 16.9. The van der Waals surface area contributed by atoms with E-state index in [1.54, 1.807) is 0 Å². The fourth-order valence-corrected chi connectivity index (χ4v) is 4.32. The van der Waals surface area contributed by atoms with E-state index in [4.69, 9.17) is 10.5 Å². The predicted molar refractivity (Wildman–Crippen MR) is 96.5 cm³/mol. The number of hydrogen-bond acceptors (Lipinski definition) is 3. The standard InChI is InChI=1S/C20H30N2O2/c1-24-20-17-6-3-2-5-15(17)8-9-18(20)16-10-13-22(14-11-16)12-4-7-19(21)23/h8-9,16H,2-7,10-14H2,1H3,(H2,21,23). The lowest BCUT2D eigenvalue weighted by Gasteiger charge is -2.33. The number of piperidine rings is 1. The van der Waals surface area contributed by atoms with Crippen molar-refractivity contribution < 1.29 is 9.53 Å². The summed E-state index contributed by atoms with van der Waals surface area (Å²) in [6.45, 7) is 3.18. The largest absolute Gasteiger partial charge is 0.496 e. The molecule has 2 N–H and O–H groups in total. The van der Waals surface area contributed by atoms with Gasteiger partial charge in [-0.15, -0.1) is 0 Å². The number of aryl methyl sites for hydroxylation is 1. The summed E-state index contributed by atoms with van der Waals surface area (Å²) in [6, 6.07) is 4.65. The first-order valence-electron chi connectivity index (χ1n) is 9.38. The summed E-state index contributed by atoms with van der Waals surface area (Å²) in [7, 11) is 1.83. The number of nitrogens with two attached hydrogens (primary N) is 1. The molecule has 0 unspecified atom stereocenters. The van der Waals surface area contributed by atoms with Crippen molar-refractivity contribution in [3.63, 3.8) is 0 Å². The van der Waals surface area contributed by atoms with Crippen LogP contribution in [0.15, 0.2) is 12.1 Å². The minimum Gasteiger partial charge on any atom is -0.496 e. The minimum atomic E-state index is -0.191. The molecule has 1 aliphatic heterocycles. The van der Waals surface area contributed by atoms with Gasteiger partial charge in [0.2, 0.25) is 5.91 Å². The molecule has 0 spiro atoms. The molecular formula is C20H30N2O2. The Kier molecular flexibility index (Phi) is 5.77. The van der Waals surface area contributed by atoms with Crippen LogP contribution >= 0.6 is 0 Å². The SMILES string of the molecule is COc1c(C2CCN(CCCC(N)=O)CC2)ccc2c1CCCC2. The van der Waals surface area contributed by atoms with E-state index >= 15 is 0 Å². The van der Waals surface area contributed by atoms with E-state index in [2.05, 4.69) is 17.0 Å². The summed E-state index contributed by atoms with van der Waals surface area (Å²) in [5.74, 6) is 1.57. The maximum atomic E-state index is 10.9. The van der Waals surface area contributed by atoms with E-state index in [0.29, 0.717) is 12.3 Å². The number of primary amides is 1. The summed E-state index contributed by atoms with van der Waals surface area (Å²) in [4.78, 5) is 13.3. The van der Waals surface area contributed by atoms with Crippen LogP contribution in [-0.4, -0.2) is 37.6 Å². The Morgan fingerprint density at radius 3 is 2.71 bits per heavy atom. The van der Waals surface area contributed by atoms with Crippen LogP contribution in [0.4, 0.5) is 0 Å². The smallest absolute Gasteiger partial charge is 0.217 e. The molecule has 1 aromatic rings. The van der Waals surface area contributed by atoms with E-state index in [9.17, 15) is 4.79 Å². The fourth-order valence-electron chi connectivity index (χ4n) is 4.32. The average molecular weight is 330 g/mol. The summed E-state index contributed by atoms with van der Waals surface area (Å²) in [5.41, 5.74) is 9.59. The normalized spacial score (nSPS) is 19.0. The van der Waals surface area contributed by atoms with Gasteiger partial charge in [-0.05, 0) is 87.2 Å². The highest BCUT2D eigenvalue weighted by Crippen LogP contribution is 2.40. The van der Waals surface area contributed by atoms with Gasteiger partial charge in [0, 0.05) is 6.42 Å². The van der Waals surface area contributed by atoms with E-state index in [1.165, 1.54) is 54.5 Å². The number of likely N-dealkylation sites (tertiary alicyclic amines) is 1. The highest BCUT2D eigenvalue weighted by Gasteiger charge is 2.25. The molecule has 1 aromatic carbocycles. The van der Waals surface area contributed by atoms with Crippen molar-refractivity contribution in [3.05, 3.63) is 28.8 Å². The van der Waals surface area contributed by atoms with Gasteiger partial charge in [0.15, 0.2) is 0 Å². The molecule has 4 heteroatoms. The van der Waals surface area contributed by atoms with Gasteiger partial charge >= 0.3 is 0 Å². The van der Waals surface area contributed by atoms with E-state index < -0.39 is 0 Å². The van der Waals surface area contributed by atoms with Gasteiger partial charge in [0.1, 0.15) is 5.75 Å². The van der Waals surface area contributed by atoms with Crippen molar-refractivity contribution in [1.29, 1.82) is 0 Å². The van der Waals surface area contributed by atoms with Gasteiger partial charge in [0.25, 0.3) is 0 Å². The van der Waals surface area contributed by atoms with Gasteiger partial charge in [0.05, 0.1) is 7.11 Å². The first kappa shape index (κ1) is 17.3. The summed E-state index contributed by atoms with van der Waals surface area (Å²) >= 11 is 0. The van der Waals surface area contributed by atoms with Crippen molar-refractivity contribution in [2.75, 3.05) is 26.7 Å². The zero-order valence-corrected chi connectivity index (χ0v) is 14.9. The van der Waals surface area contributed by atoms with Crippen LogP contribution in [0.25, 0.3) is 0 Å². The number of amides is 1. The maximum Gasteiger partial charge on any atom is 0.217 e. The molecule has 2 aliphatic rings. The molecule has 132 valence electrons. The van der Waals surface area contributed by atoms with E-state index in [1.807, 2.05) is 7.11 Å². The van der Waals surface area contributed by atoms with Crippen molar-refractivity contribution in [1.82, 2.24) is 4.90 Å². The third-order valence-corrected chi connectivity index (χ3v) is 5.64. The molecule has 24 heavy (non-hydrogen) atoms. The predicted octanol–water partition coefficient (Wildman–Crippen LogP) is 3.02. The Morgan fingerprint density at radius 2 is 2.00 bits per heavy atom. The highest BCUT2D eigenvalue weighted by molar-refractivity contribution is 5.73. The Bertz CT molecular complexity index is 577. The van der Waals surface area contributed by atoms with Gasteiger partial charge < -0.3 is 15.4 Å². The van der Waals surface area contributed by atoms with Crippen LogP contribution in [0.1, 0.15) is 61.1 Å². The van der Waals surface area contributed by atoms with Gasteiger partial charge in [-0.3, -0.25) is 4.79 Å². The van der Waals surface area contributed by atoms with Crippen LogP contribution in [0.5, 0.6) is 5.75 Å². The first-order valence-corrected chi connectivity index (χ1v) is 9.38. The monoisotopic (exact) mass is 330 g/mol. The number of methoxy groups -OCH3 is 1. The molecule has 4 nitrogen and oxygen atoms in total. The van der Waals surface area contributed by atoms with Crippen LogP contribution in [0.3, 0.4) is 0 Å². The number of rotatable bonds is 6. The lowest BCUT2D eigenvalue weighted by Crippen LogP contribution is -2.34. The molecule has 1 saturated heterocycles. The average Bonchev–Trinajstić information content (AvgIpc) is 2.61. The molecular weight excluding hydrogens is 300 g/mol. The Morgan fingerprint density at radius 1 is 1.25 bits per heavy atom. The van der Waals surface area contributed by atoms with Crippen LogP contribution in [-0.2, 0) is 17.6 Å². The number of nitrogens with zero attached hydrogens (tertiary/aromatic N) is 1. The second-order valence-corrected chi connectivity index (χ2v) is 7.22. The molecule has 0 bridgehead atoms. The summed E-state index contributed by atoms with van der Waals surface area (Å²) < 4.78 is 5.85. The highest BCUT2D eigenvalue weighted by atomic mass is 16.5. The molecule has 1 fully saturated rings. The van der Waals surface area contributed by atoms with Crippen molar-refractivity contribution >= 4 is 5.91 Å². The number of fused-ring (bicyclic) bond motifs is 1. The Labute approximate surface area is 145 Å². The molecule has 1 amide bonds. The summed E-state index contributed by atoms with van der Waals surface area (Å²) in [5, 5.41) is 0. The zero-order valence-electron chi connectivity index (χ0n) is 14.9. The number of carbonyl (C=O) groups excluding carboxylic acids is 1. The Balaban J connectivity index is 1.63. The summed E-state index contributed by atoms with van der Waals surface area (Å²) in [6.07, 6.45) is 8.67. The number of hydrogen-bond donors (Lipinski definition) is 1. The number of carbonyl (C=O) groups is 1. The van der Waals surface area contributed by atoms with Crippen LogP contribution in [0, 0.1) is 0 Å². The van der Waals surface area contributed by atoms with Gasteiger partial charge in [-0.25, -0.2) is 0 Å². The second kappa shape index (κ2) is 8.02. The fraction of sp³-hybridized carbons (Fsp3) is 0.650. The molecule has 3 rings (SSSR count). The topological polar surface area (TPSA) is 55.6 Å². The lowest BCUT2D eigenvalue weighted by molar-refractivity contribution is -0.118. The second-order valence-electron chi connectivity index (χ2n) is 7.22. The molecule has 0 aromatic heterocycles. The molecule has 0 radical (unpaired) electrons. The molecule has 1 heterocycles. The number of ether oxygens (including phenoxy) is 1. The van der Waals surface area contributed by atoms with E-state index in [0.717, 1.165) is 32.5 Å². The first-order chi connectivity index (χ1) is 11.7. The van der Waals surface area contributed by atoms with Crippen LogP contribution in [0.2, 0.25) is 0 Å². The minimum absolute atomic E-state index is 0.191. The van der Waals surface area contributed by atoms with Crippen molar-refractivity contribution in [2.45, 2.75) is 57.3 Å². The van der Waals surface area contributed by atoms with Crippen molar-refractivity contribution in [2.24, 2.45) is 5.73 Å². The molecule has 0 atom stereocenters. The lowest BCUT2D eigenvalue weighted by atomic mass is 9.83. The van der Waals surface area contributed by atoms with Gasteiger partial charge in [-0.2, -0.15) is 0 Å². The van der Waals surface area contributed by atoms with Crippen LogP contribution < -0.4 is 10.5 Å².